The highest BCUT2D eigenvalue weighted by atomic mass is 35.5. The molecule has 0 aromatic heterocycles. The van der Waals surface area contributed by atoms with Crippen LogP contribution in [0.3, 0.4) is 0 Å². The number of rotatable bonds is 2. The zero-order chi connectivity index (χ0) is 12.1. The molecule has 0 amide bonds. The van der Waals surface area contributed by atoms with Gasteiger partial charge in [-0.3, -0.25) is 0 Å². The molecule has 3 heteroatoms. The first-order chi connectivity index (χ1) is 7.40. The monoisotopic (exact) mass is 239 g/mol. The highest BCUT2D eigenvalue weighted by molar-refractivity contribution is 6.32. The van der Waals surface area contributed by atoms with Crippen LogP contribution in [0.25, 0.3) is 0 Å². The molecule has 1 aliphatic rings. The Bertz CT molecular complexity index is 410. The molecule has 1 fully saturated rings. The number of hydrogen-bond donors (Lipinski definition) is 2. The summed E-state index contributed by atoms with van der Waals surface area (Å²) in [5.74, 6) is 0.222. The SMILES string of the molecule is Cc1cc(Cl)c(O)c(C2(C(C)N)CC2)c1C. The van der Waals surface area contributed by atoms with Crippen LogP contribution in [-0.2, 0) is 5.41 Å². The number of phenolic OH excluding ortho intramolecular Hbond substituents is 1. The largest absolute Gasteiger partial charge is 0.506 e. The zero-order valence-electron chi connectivity index (χ0n) is 9.97. The molecule has 3 N–H and O–H groups in total. The van der Waals surface area contributed by atoms with Crippen LogP contribution in [0.2, 0.25) is 5.02 Å². The minimum Gasteiger partial charge on any atom is -0.506 e. The lowest BCUT2D eigenvalue weighted by atomic mass is 9.84. The number of halogens is 1. The Morgan fingerprint density at radius 2 is 2.00 bits per heavy atom. The van der Waals surface area contributed by atoms with Gasteiger partial charge in [0.1, 0.15) is 5.75 Å². The highest BCUT2D eigenvalue weighted by Gasteiger charge is 2.50. The number of phenols is 1. The molecule has 1 aromatic rings. The van der Waals surface area contributed by atoms with Gasteiger partial charge in [0.15, 0.2) is 0 Å². The Morgan fingerprint density at radius 1 is 1.44 bits per heavy atom. The standard InChI is InChI=1S/C13H18ClNO/c1-7-6-10(14)12(16)11(8(7)2)13(4-5-13)9(3)15/h6,9,16H,4-5,15H2,1-3H3. The predicted octanol–water partition coefficient (Wildman–Crippen LogP) is 3.04. The molecule has 0 radical (unpaired) electrons. The number of hydrogen-bond acceptors (Lipinski definition) is 2. The van der Waals surface area contributed by atoms with Crippen molar-refractivity contribution < 1.29 is 5.11 Å². The third-order valence-corrected chi connectivity index (χ3v) is 4.22. The van der Waals surface area contributed by atoms with Crippen LogP contribution < -0.4 is 5.73 Å². The van der Waals surface area contributed by atoms with Crippen molar-refractivity contribution in [3.63, 3.8) is 0 Å². The second-order valence-electron chi connectivity index (χ2n) is 4.97. The van der Waals surface area contributed by atoms with Crippen molar-refractivity contribution in [1.82, 2.24) is 0 Å². The van der Waals surface area contributed by atoms with Crippen LogP contribution in [0.4, 0.5) is 0 Å². The lowest BCUT2D eigenvalue weighted by molar-refractivity contribution is 0.445. The Balaban J connectivity index is 2.65. The summed E-state index contributed by atoms with van der Waals surface area (Å²) < 4.78 is 0. The van der Waals surface area contributed by atoms with Gasteiger partial charge >= 0.3 is 0 Å². The van der Waals surface area contributed by atoms with Crippen LogP contribution in [-0.4, -0.2) is 11.1 Å². The normalized spacial score (nSPS) is 19.6. The van der Waals surface area contributed by atoms with Gasteiger partial charge in [-0.25, -0.2) is 0 Å². The summed E-state index contributed by atoms with van der Waals surface area (Å²) in [7, 11) is 0. The van der Waals surface area contributed by atoms with Crippen molar-refractivity contribution in [3.8, 4) is 5.75 Å². The second-order valence-corrected chi connectivity index (χ2v) is 5.38. The fourth-order valence-corrected chi connectivity index (χ4v) is 2.80. The molecule has 0 bridgehead atoms. The fourth-order valence-electron chi connectivity index (χ4n) is 2.54. The van der Waals surface area contributed by atoms with Gasteiger partial charge < -0.3 is 10.8 Å². The maximum Gasteiger partial charge on any atom is 0.138 e. The summed E-state index contributed by atoms with van der Waals surface area (Å²) in [5.41, 5.74) is 9.20. The molecule has 16 heavy (non-hydrogen) atoms. The van der Waals surface area contributed by atoms with E-state index < -0.39 is 0 Å². The van der Waals surface area contributed by atoms with E-state index in [-0.39, 0.29) is 17.2 Å². The summed E-state index contributed by atoms with van der Waals surface area (Å²) in [6.45, 7) is 6.05. The van der Waals surface area contributed by atoms with Gasteiger partial charge in [0.25, 0.3) is 0 Å². The van der Waals surface area contributed by atoms with E-state index in [4.69, 9.17) is 17.3 Å². The molecule has 1 atom stereocenters. The smallest absolute Gasteiger partial charge is 0.138 e. The van der Waals surface area contributed by atoms with Crippen molar-refractivity contribution in [1.29, 1.82) is 0 Å². The van der Waals surface area contributed by atoms with Crippen LogP contribution >= 0.6 is 11.6 Å². The molecule has 0 aliphatic heterocycles. The van der Waals surface area contributed by atoms with Crippen molar-refractivity contribution in [2.75, 3.05) is 0 Å². The van der Waals surface area contributed by atoms with E-state index in [1.54, 1.807) is 0 Å². The quantitative estimate of drug-likeness (QED) is 0.833. The molecule has 0 spiro atoms. The lowest BCUT2D eigenvalue weighted by Gasteiger charge is -2.25. The summed E-state index contributed by atoms with van der Waals surface area (Å²) in [6.07, 6.45) is 2.08. The molecular formula is C13H18ClNO. The van der Waals surface area contributed by atoms with E-state index in [1.807, 2.05) is 26.8 Å². The van der Waals surface area contributed by atoms with E-state index in [1.165, 1.54) is 0 Å². The van der Waals surface area contributed by atoms with Gasteiger partial charge in [-0.05, 0) is 50.8 Å². The molecule has 1 saturated carbocycles. The summed E-state index contributed by atoms with van der Waals surface area (Å²) in [4.78, 5) is 0. The van der Waals surface area contributed by atoms with Gasteiger partial charge in [-0.2, -0.15) is 0 Å². The Kier molecular flexibility index (Phi) is 2.67. The topological polar surface area (TPSA) is 46.2 Å². The van der Waals surface area contributed by atoms with Crippen LogP contribution in [0.5, 0.6) is 5.75 Å². The summed E-state index contributed by atoms with van der Waals surface area (Å²) in [6, 6.07) is 1.86. The Labute approximate surface area is 101 Å². The molecule has 88 valence electrons. The van der Waals surface area contributed by atoms with Crippen molar-refractivity contribution in [2.45, 2.75) is 45.1 Å². The lowest BCUT2D eigenvalue weighted by Crippen LogP contribution is -2.32. The molecule has 2 rings (SSSR count). The van der Waals surface area contributed by atoms with E-state index in [9.17, 15) is 5.11 Å². The first-order valence-corrected chi connectivity index (χ1v) is 6.02. The molecular weight excluding hydrogens is 222 g/mol. The number of benzene rings is 1. The molecule has 1 aliphatic carbocycles. The average Bonchev–Trinajstić information content (AvgIpc) is 2.97. The number of aryl methyl sites for hydroxylation is 1. The Morgan fingerprint density at radius 3 is 2.44 bits per heavy atom. The molecule has 1 unspecified atom stereocenters. The van der Waals surface area contributed by atoms with Crippen LogP contribution in [0, 0.1) is 13.8 Å². The average molecular weight is 240 g/mol. The van der Waals surface area contributed by atoms with Crippen molar-refractivity contribution >= 4 is 11.6 Å². The van der Waals surface area contributed by atoms with Crippen molar-refractivity contribution in [3.05, 3.63) is 27.8 Å². The van der Waals surface area contributed by atoms with Gasteiger partial charge in [-0.1, -0.05) is 11.6 Å². The molecule has 0 heterocycles. The van der Waals surface area contributed by atoms with Crippen LogP contribution in [0.15, 0.2) is 6.07 Å². The number of aromatic hydroxyl groups is 1. The molecule has 0 saturated heterocycles. The van der Waals surface area contributed by atoms with E-state index in [0.29, 0.717) is 5.02 Å². The predicted molar refractivity (Wildman–Crippen MR) is 67.2 cm³/mol. The Hall–Kier alpha value is -0.730. The van der Waals surface area contributed by atoms with Gasteiger partial charge in [0.05, 0.1) is 5.02 Å². The second kappa shape index (κ2) is 3.64. The van der Waals surface area contributed by atoms with Crippen LogP contribution in [0.1, 0.15) is 36.5 Å². The molecule has 2 nitrogen and oxygen atoms in total. The minimum atomic E-state index is -0.0518. The van der Waals surface area contributed by atoms with E-state index >= 15 is 0 Å². The number of nitrogens with two attached hydrogens (primary N) is 1. The zero-order valence-corrected chi connectivity index (χ0v) is 10.7. The van der Waals surface area contributed by atoms with Gasteiger partial charge in [0.2, 0.25) is 0 Å². The first-order valence-electron chi connectivity index (χ1n) is 5.65. The van der Waals surface area contributed by atoms with E-state index in [2.05, 4.69) is 0 Å². The minimum absolute atomic E-state index is 0.0509. The molecule has 1 aromatic carbocycles. The highest BCUT2D eigenvalue weighted by Crippen LogP contribution is 2.55. The van der Waals surface area contributed by atoms with E-state index in [0.717, 1.165) is 29.5 Å². The first kappa shape index (κ1) is 11.7. The maximum atomic E-state index is 10.1. The third kappa shape index (κ3) is 1.52. The van der Waals surface area contributed by atoms with Gasteiger partial charge in [0, 0.05) is 17.0 Å². The van der Waals surface area contributed by atoms with Crippen molar-refractivity contribution in [2.24, 2.45) is 5.73 Å². The summed E-state index contributed by atoms with van der Waals surface area (Å²) in [5, 5.41) is 10.6. The fraction of sp³-hybridized carbons (Fsp3) is 0.538. The third-order valence-electron chi connectivity index (χ3n) is 3.93. The van der Waals surface area contributed by atoms with Gasteiger partial charge in [-0.15, -0.1) is 0 Å². The maximum absolute atomic E-state index is 10.1. The summed E-state index contributed by atoms with van der Waals surface area (Å²) >= 11 is 6.04.